The summed E-state index contributed by atoms with van der Waals surface area (Å²) in [5, 5.41) is 23.3. The summed E-state index contributed by atoms with van der Waals surface area (Å²) in [4.78, 5) is 56.9. The van der Waals surface area contributed by atoms with Crippen LogP contribution in [0.5, 0.6) is 5.75 Å². The molecule has 3 N–H and O–H groups in total. The van der Waals surface area contributed by atoms with Crippen molar-refractivity contribution < 1.29 is 48.3 Å². The normalized spacial score (nSPS) is 21.8. The van der Waals surface area contributed by atoms with Crippen LogP contribution in [0.2, 0.25) is 0 Å². The number of rotatable bonds is 17. The molecule has 1 heterocycles. The van der Waals surface area contributed by atoms with Crippen LogP contribution < -0.4 is 5.32 Å². The summed E-state index contributed by atoms with van der Waals surface area (Å²) in [6.45, 7) is 4.90. The number of benzene rings is 3. The molecule has 3 aliphatic carbocycles. The first-order valence-electron chi connectivity index (χ1n) is 21.5. The molecule has 0 spiro atoms. The number of allylic oxidation sites excluding steroid dienone is 1. The molecule has 1 saturated heterocycles. The molecule has 324 valence electrons. The van der Waals surface area contributed by atoms with Crippen LogP contribution in [-0.2, 0) is 46.2 Å². The number of aliphatic hydroxyl groups is 1. The third-order valence-electron chi connectivity index (χ3n) is 11.8. The number of ether oxygens (including phenoxy) is 4. The van der Waals surface area contributed by atoms with Gasteiger partial charge in [0.05, 0.1) is 18.2 Å². The van der Waals surface area contributed by atoms with Crippen molar-refractivity contribution in [3.05, 3.63) is 119 Å². The molecule has 5 atom stereocenters. The van der Waals surface area contributed by atoms with E-state index in [1.807, 2.05) is 66.7 Å². The van der Waals surface area contributed by atoms with E-state index in [2.05, 4.69) is 5.32 Å². The van der Waals surface area contributed by atoms with E-state index in [1.165, 1.54) is 4.90 Å². The number of likely N-dealkylation sites (N-methyl/N-ethyl adjacent to an activating group) is 1. The number of nitrogens with one attached hydrogen (secondary N) is 1. The lowest BCUT2D eigenvalue weighted by molar-refractivity contribution is -0.209. The van der Waals surface area contributed by atoms with Gasteiger partial charge in [0.1, 0.15) is 35.7 Å². The monoisotopic (exact) mass is 834 g/mol. The standard InChI is InChI=1S/C49H58N2O10/c1-48(2,3)60-43(54)26-25-37(30-52)50-45(55)39(27-31-13-6-5-7-14-31)51(4)46(56)34-28-41(44-42(29-34)59-49(61-44,35-21-22-35)36-23-24-36)58-47(57)38-19-10-8-15-32(38)17-12-18-33-16-9-11-20-40(33)53/h5-17,19-20,29,35-37,39,41-42,44,52-53H,18,21-28,30H2,1-4H3,(H,50,55)/t37-,39+,41+,42+,44-/m0/s1. The minimum Gasteiger partial charge on any atom is -0.508 e. The predicted molar refractivity (Wildman–Crippen MR) is 228 cm³/mol. The zero-order chi connectivity index (χ0) is 43.3. The number of phenols is 1. The Hall–Kier alpha value is -5.30. The number of fused-ring (bicyclic) bond motifs is 1. The Morgan fingerprint density at radius 1 is 0.934 bits per heavy atom. The van der Waals surface area contributed by atoms with Crippen LogP contribution >= 0.6 is 0 Å². The van der Waals surface area contributed by atoms with Crippen molar-refractivity contribution in [3.8, 4) is 5.75 Å². The molecular formula is C49H58N2O10. The number of aliphatic hydroxyl groups excluding tert-OH is 1. The molecule has 1 aliphatic heterocycles. The van der Waals surface area contributed by atoms with Gasteiger partial charge in [-0.05, 0) is 94.2 Å². The number of carbonyl (C=O) groups excluding carboxylic acids is 4. The first-order chi connectivity index (χ1) is 29.2. The summed E-state index contributed by atoms with van der Waals surface area (Å²) in [5.41, 5.74) is 2.21. The predicted octanol–water partition coefficient (Wildman–Crippen LogP) is 6.47. The molecule has 3 fully saturated rings. The van der Waals surface area contributed by atoms with Crippen molar-refractivity contribution in [2.75, 3.05) is 13.7 Å². The van der Waals surface area contributed by atoms with Gasteiger partial charge in [-0.25, -0.2) is 4.79 Å². The number of para-hydroxylation sites is 1. The van der Waals surface area contributed by atoms with Gasteiger partial charge in [0.2, 0.25) is 11.8 Å². The molecule has 2 amide bonds. The lowest BCUT2D eigenvalue weighted by Gasteiger charge is -2.34. The van der Waals surface area contributed by atoms with Crippen molar-refractivity contribution >= 4 is 29.8 Å². The average Bonchev–Trinajstić information content (AvgIpc) is 4.19. The maximum absolute atomic E-state index is 14.7. The van der Waals surface area contributed by atoms with Gasteiger partial charge < -0.3 is 39.4 Å². The number of hydrogen-bond acceptors (Lipinski definition) is 10. The van der Waals surface area contributed by atoms with Crippen molar-refractivity contribution in [3.63, 3.8) is 0 Å². The van der Waals surface area contributed by atoms with E-state index in [0.29, 0.717) is 23.1 Å². The average molecular weight is 835 g/mol. The molecule has 0 radical (unpaired) electrons. The van der Waals surface area contributed by atoms with Gasteiger partial charge in [0, 0.05) is 43.7 Å². The Morgan fingerprint density at radius 2 is 1.61 bits per heavy atom. The summed E-state index contributed by atoms with van der Waals surface area (Å²) in [7, 11) is 1.57. The Kier molecular flexibility index (Phi) is 13.5. The molecule has 0 aromatic heterocycles. The summed E-state index contributed by atoms with van der Waals surface area (Å²) in [6, 6.07) is 21.8. The molecular weight excluding hydrogens is 777 g/mol. The van der Waals surface area contributed by atoms with Crippen LogP contribution in [0.3, 0.4) is 0 Å². The molecule has 0 unspecified atom stereocenters. The van der Waals surface area contributed by atoms with Crippen LogP contribution in [0, 0.1) is 11.8 Å². The third kappa shape index (κ3) is 10.8. The minimum atomic E-state index is -1.00. The van der Waals surface area contributed by atoms with Gasteiger partial charge in [0.15, 0.2) is 5.79 Å². The molecule has 12 heteroatoms. The Morgan fingerprint density at radius 3 is 2.28 bits per heavy atom. The molecule has 0 bridgehead atoms. The highest BCUT2D eigenvalue weighted by atomic mass is 16.8. The number of carbonyl (C=O) groups is 4. The van der Waals surface area contributed by atoms with Gasteiger partial charge in [-0.1, -0.05) is 78.9 Å². The quantitative estimate of drug-likeness (QED) is 0.129. The van der Waals surface area contributed by atoms with Crippen molar-refractivity contribution in [2.45, 2.75) is 120 Å². The second kappa shape index (κ2) is 18.8. The first-order valence-corrected chi connectivity index (χ1v) is 21.5. The second-order valence-electron chi connectivity index (χ2n) is 17.7. The van der Waals surface area contributed by atoms with Crippen LogP contribution in [0.25, 0.3) is 6.08 Å². The maximum atomic E-state index is 14.7. The van der Waals surface area contributed by atoms with E-state index in [1.54, 1.807) is 58.2 Å². The molecule has 2 saturated carbocycles. The van der Waals surface area contributed by atoms with E-state index in [-0.39, 0.29) is 43.3 Å². The van der Waals surface area contributed by atoms with E-state index < -0.39 is 72.1 Å². The molecule has 12 nitrogen and oxygen atoms in total. The maximum Gasteiger partial charge on any atom is 0.339 e. The fourth-order valence-electron chi connectivity index (χ4n) is 8.39. The molecule has 3 aromatic carbocycles. The molecule has 3 aromatic rings. The number of amides is 2. The van der Waals surface area contributed by atoms with Gasteiger partial charge in [-0.3, -0.25) is 14.4 Å². The number of phenolic OH excluding ortho intramolecular Hbond substituents is 1. The van der Waals surface area contributed by atoms with Gasteiger partial charge in [0.25, 0.3) is 0 Å². The zero-order valence-electron chi connectivity index (χ0n) is 35.5. The minimum absolute atomic E-state index is 0.0132. The van der Waals surface area contributed by atoms with Crippen molar-refractivity contribution in [1.29, 1.82) is 0 Å². The molecule has 4 aliphatic rings. The van der Waals surface area contributed by atoms with Crippen LogP contribution in [0.15, 0.2) is 96.6 Å². The van der Waals surface area contributed by atoms with Crippen molar-refractivity contribution in [2.24, 2.45) is 11.8 Å². The summed E-state index contributed by atoms with van der Waals surface area (Å²) < 4.78 is 25.4. The van der Waals surface area contributed by atoms with E-state index in [0.717, 1.165) is 36.8 Å². The molecule has 7 rings (SSSR count). The fourth-order valence-corrected chi connectivity index (χ4v) is 8.39. The van der Waals surface area contributed by atoms with E-state index >= 15 is 0 Å². The third-order valence-corrected chi connectivity index (χ3v) is 11.8. The number of hydrogen-bond donors (Lipinski definition) is 3. The Labute approximate surface area is 357 Å². The van der Waals surface area contributed by atoms with Crippen LogP contribution in [0.1, 0.15) is 92.8 Å². The highest BCUT2D eigenvalue weighted by Gasteiger charge is 2.64. The number of aromatic hydroxyl groups is 1. The van der Waals surface area contributed by atoms with Crippen LogP contribution in [0.4, 0.5) is 0 Å². The van der Waals surface area contributed by atoms with E-state index in [4.69, 9.17) is 18.9 Å². The number of esters is 2. The van der Waals surface area contributed by atoms with Gasteiger partial charge in [-0.15, -0.1) is 0 Å². The fraction of sp³-hybridized carbons (Fsp3) is 0.469. The zero-order valence-corrected chi connectivity index (χ0v) is 35.5. The number of nitrogens with zero attached hydrogens (tertiary/aromatic N) is 1. The highest BCUT2D eigenvalue weighted by molar-refractivity contribution is 5.98. The SMILES string of the molecule is CN(C(=O)C1=C[C@H]2OC(C3CC3)(C3CC3)O[C@H]2[C@H](OC(=O)c2ccccc2C=CCc2ccccc2O)C1)[C@H](Cc1ccccc1)C(=O)N[C@H](CO)CCC(=O)OC(C)(C)C. The first kappa shape index (κ1) is 43.8. The largest absolute Gasteiger partial charge is 0.508 e. The lowest BCUT2D eigenvalue weighted by Crippen LogP contribution is -2.53. The summed E-state index contributed by atoms with van der Waals surface area (Å²) in [5.74, 6) is -2.11. The topological polar surface area (TPSA) is 161 Å². The van der Waals surface area contributed by atoms with Gasteiger partial charge >= 0.3 is 11.9 Å². The van der Waals surface area contributed by atoms with E-state index in [9.17, 15) is 29.4 Å². The second-order valence-corrected chi connectivity index (χ2v) is 17.7. The summed E-state index contributed by atoms with van der Waals surface area (Å²) in [6.07, 6.45) is 8.00. The summed E-state index contributed by atoms with van der Waals surface area (Å²) >= 11 is 0. The Bertz CT molecular complexity index is 2110. The Balaban J connectivity index is 1.12. The highest BCUT2D eigenvalue weighted by Crippen LogP contribution is 2.59. The lowest BCUT2D eigenvalue weighted by atomic mass is 9.90. The molecule has 61 heavy (non-hydrogen) atoms. The van der Waals surface area contributed by atoms with Crippen molar-refractivity contribution in [1.82, 2.24) is 10.2 Å². The smallest absolute Gasteiger partial charge is 0.339 e. The van der Waals surface area contributed by atoms with Crippen LogP contribution in [-0.4, -0.2) is 94.3 Å². The van der Waals surface area contributed by atoms with Gasteiger partial charge in [-0.2, -0.15) is 0 Å².